The second kappa shape index (κ2) is 8.48. The van der Waals surface area contributed by atoms with Crippen molar-refractivity contribution < 1.29 is 14.6 Å². The molecule has 3 rings (SSSR count). The first-order chi connectivity index (χ1) is 13.4. The van der Waals surface area contributed by atoms with Crippen LogP contribution in [0, 0.1) is 6.92 Å². The van der Waals surface area contributed by atoms with Crippen LogP contribution < -0.4 is 10.3 Å². The van der Waals surface area contributed by atoms with E-state index in [1.165, 1.54) is 0 Å². The van der Waals surface area contributed by atoms with Crippen LogP contribution >= 0.6 is 11.6 Å². The monoisotopic (exact) mass is 399 g/mol. The van der Waals surface area contributed by atoms with Gasteiger partial charge in [0.15, 0.2) is 6.61 Å². The van der Waals surface area contributed by atoms with E-state index in [4.69, 9.17) is 21.4 Å². The zero-order valence-corrected chi connectivity index (χ0v) is 16.6. The number of pyridine rings is 1. The van der Waals surface area contributed by atoms with Gasteiger partial charge in [-0.25, -0.2) is 4.79 Å². The Morgan fingerprint density at radius 2 is 1.89 bits per heavy atom. The van der Waals surface area contributed by atoms with Gasteiger partial charge in [0, 0.05) is 22.4 Å². The Balaban J connectivity index is 2.14. The van der Waals surface area contributed by atoms with Crippen LogP contribution in [0.3, 0.4) is 0 Å². The summed E-state index contributed by atoms with van der Waals surface area (Å²) >= 11 is 5.94. The lowest BCUT2D eigenvalue weighted by Gasteiger charge is -2.15. The van der Waals surface area contributed by atoms with Gasteiger partial charge in [-0.05, 0) is 54.3 Å². The molecular formula is C22H22ClNO4. The van der Waals surface area contributed by atoms with Crippen molar-refractivity contribution in [1.82, 2.24) is 4.98 Å². The maximum atomic E-state index is 12.8. The zero-order valence-electron chi connectivity index (χ0n) is 15.8. The lowest BCUT2D eigenvalue weighted by Crippen LogP contribution is -2.17. The van der Waals surface area contributed by atoms with E-state index in [0.717, 1.165) is 34.9 Å². The molecule has 1 aromatic heterocycles. The number of H-pyrrole nitrogens is 1. The molecule has 0 saturated heterocycles. The molecule has 0 aliphatic rings. The lowest BCUT2D eigenvalue weighted by molar-refractivity contribution is -0.139. The van der Waals surface area contributed by atoms with Crippen LogP contribution in [0.25, 0.3) is 10.9 Å². The van der Waals surface area contributed by atoms with Gasteiger partial charge in [-0.15, -0.1) is 0 Å². The molecular weight excluding hydrogens is 378 g/mol. The molecule has 0 atom stereocenters. The van der Waals surface area contributed by atoms with Crippen molar-refractivity contribution in [1.29, 1.82) is 0 Å². The van der Waals surface area contributed by atoms with Crippen molar-refractivity contribution in [2.45, 2.75) is 33.1 Å². The Hall–Kier alpha value is -2.79. The minimum atomic E-state index is -1.04. The number of carboxylic acid groups (broad SMARTS) is 1. The van der Waals surface area contributed by atoms with Gasteiger partial charge in [0.1, 0.15) is 5.75 Å². The summed E-state index contributed by atoms with van der Waals surface area (Å²) in [5.74, 6) is -0.563. The highest BCUT2D eigenvalue weighted by molar-refractivity contribution is 6.30. The van der Waals surface area contributed by atoms with Crippen LogP contribution in [-0.2, 0) is 17.6 Å². The first kappa shape index (κ1) is 20.0. The fourth-order valence-electron chi connectivity index (χ4n) is 3.38. The zero-order chi connectivity index (χ0) is 20.3. The number of benzene rings is 2. The molecule has 0 radical (unpaired) electrons. The summed E-state index contributed by atoms with van der Waals surface area (Å²) in [7, 11) is 0. The maximum absolute atomic E-state index is 12.8. The molecule has 0 spiro atoms. The average molecular weight is 400 g/mol. The van der Waals surface area contributed by atoms with E-state index in [9.17, 15) is 9.59 Å². The van der Waals surface area contributed by atoms with E-state index in [1.54, 1.807) is 12.1 Å². The van der Waals surface area contributed by atoms with E-state index >= 15 is 0 Å². The Bertz CT molecular complexity index is 1070. The predicted octanol–water partition coefficient (Wildman–Crippen LogP) is 4.50. The topological polar surface area (TPSA) is 79.4 Å². The third-order valence-electron chi connectivity index (χ3n) is 4.70. The Morgan fingerprint density at radius 3 is 2.54 bits per heavy atom. The van der Waals surface area contributed by atoms with Gasteiger partial charge < -0.3 is 14.8 Å². The number of aryl methyl sites for hydroxylation is 2. The number of ether oxygens (including phenoxy) is 1. The van der Waals surface area contributed by atoms with E-state index in [0.29, 0.717) is 28.3 Å². The molecule has 6 heteroatoms. The number of fused-ring (bicyclic) bond motifs is 1. The first-order valence-corrected chi connectivity index (χ1v) is 9.54. The van der Waals surface area contributed by atoms with Gasteiger partial charge in [-0.2, -0.15) is 0 Å². The Labute approximate surface area is 167 Å². The number of aromatic amines is 1. The summed E-state index contributed by atoms with van der Waals surface area (Å²) in [6.45, 7) is 3.50. The molecule has 28 heavy (non-hydrogen) atoms. The number of halogens is 1. The van der Waals surface area contributed by atoms with E-state index in [2.05, 4.69) is 11.9 Å². The highest BCUT2D eigenvalue weighted by Gasteiger charge is 2.16. The number of carbonyl (C=O) groups is 1. The molecule has 0 amide bonds. The van der Waals surface area contributed by atoms with Gasteiger partial charge in [-0.3, -0.25) is 4.79 Å². The van der Waals surface area contributed by atoms with Crippen LogP contribution in [-0.4, -0.2) is 22.7 Å². The summed E-state index contributed by atoms with van der Waals surface area (Å²) in [6.07, 6.45) is 2.19. The fraction of sp³-hybridized carbons (Fsp3) is 0.273. The predicted molar refractivity (Wildman–Crippen MR) is 111 cm³/mol. The number of rotatable bonds is 7. The molecule has 0 fully saturated rings. The SMILES string of the molecule is CCCc1cc(OCC(=O)O)c2c(C)c(Cc3ccc(Cl)cc3)c(=O)[nH]c2c1. The third kappa shape index (κ3) is 4.37. The minimum absolute atomic E-state index is 0.155. The molecule has 0 bridgehead atoms. The number of aliphatic carboxylic acids is 1. The molecule has 146 valence electrons. The lowest BCUT2D eigenvalue weighted by atomic mass is 9.96. The summed E-state index contributed by atoms with van der Waals surface area (Å²) in [5, 5.41) is 10.4. The van der Waals surface area contributed by atoms with Crippen molar-refractivity contribution >= 4 is 28.5 Å². The summed E-state index contributed by atoms with van der Waals surface area (Å²) in [5.41, 5.74) is 3.88. The van der Waals surface area contributed by atoms with Crippen LogP contribution in [0.2, 0.25) is 5.02 Å². The average Bonchev–Trinajstić information content (AvgIpc) is 2.64. The second-order valence-corrected chi connectivity index (χ2v) is 7.25. The molecule has 0 aliphatic carbocycles. The molecule has 3 aromatic rings. The smallest absolute Gasteiger partial charge is 0.341 e. The largest absolute Gasteiger partial charge is 0.481 e. The summed E-state index contributed by atoms with van der Waals surface area (Å²) < 4.78 is 5.57. The van der Waals surface area contributed by atoms with Crippen LogP contribution in [0.4, 0.5) is 0 Å². The Kier molecular flexibility index (Phi) is 6.05. The van der Waals surface area contributed by atoms with E-state index < -0.39 is 12.6 Å². The Morgan fingerprint density at radius 1 is 1.18 bits per heavy atom. The quantitative estimate of drug-likeness (QED) is 0.613. The van der Waals surface area contributed by atoms with Gasteiger partial charge in [-0.1, -0.05) is 37.1 Å². The second-order valence-electron chi connectivity index (χ2n) is 6.81. The van der Waals surface area contributed by atoms with Crippen LogP contribution in [0.1, 0.15) is 35.6 Å². The molecule has 2 N–H and O–H groups in total. The number of hydrogen-bond acceptors (Lipinski definition) is 3. The number of carboxylic acids is 1. The molecule has 5 nitrogen and oxygen atoms in total. The van der Waals surface area contributed by atoms with Crippen molar-refractivity contribution in [3.05, 3.63) is 74.0 Å². The number of nitrogens with one attached hydrogen (secondary N) is 1. The first-order valence-electron chi connectivity index (χ1n) is 9.16. The number of hydrogen-bond donors (Lipinski definition) is 2. The maximum Gasteiger partial charge on any atom is 0.341 e. The van der Waals surface area contributed by atoms with Gasteiger partial charge >= 0.3 is 5.97 Å². The van der Waals surface area contributed by atoms with Crippen LogP contribution in [0.15, 0.2) is 41.2 Å². The third-order valence-corrected chi connectivity index (χ3v) is 4.95. The molecule has 0 saturated carbocycles. The van der Waals surface area contributed by atoms with Crippen molar-refractivity contribution in [3.8, 4) is 5.75 Å². The molecule has 1 heterocycles. The van der Waals surface area contributed by atoms with Crippen molar-refractivity contribution in [2.24, 2.45) is 0 Å². The standard InChI is InChI=1S/C22H22ClNO4/c1-3-4-15-10-18-21(19(11-15)28-12-20(25)26)13(2)17(22(27)24-18)9-14-5-7-16(23)8-6-14/h5-8,10-11H,3-4,9,12H2,1-2H3,(H,24,27)(H,25,26). The minimum Gasteiger partial charge on any atom is -0.481 e. The van der Waals surface area contributed by atoms with E-state index in [1.807, 2.05) is 31.2 Å². The van der Waals surface area contributed by atoms with Gasteiger partial charge in [0.25, 0.3) is 5.56 Å². The fourth-order valence-corrected chi connectivity index (χ4v) is 3.51. The molecule has 0 unspecified atom stereocenters. The highest BCUT2D eigenvalue weighted by Crippen LogP contribution is 2.31. The van der Waals surface area contributed by atoms with Crippen molar-refractivity contribution in [2.75, 3.05) is 6.61 Å². The normalized spacial score (nSPS) is 11.0. The van der Waals surface area contributed by atoms with Crippen molar-refractivity contribution in [3.63, 3.8) is 0 Å². The van der Waals surface area contributed by atoms with E-state index in [-0.39, 0.29) is 5.56 Å². The van der Waals surface area contributed by atoms with Gasteiger partial charge in [0.2, 0.25) is 0 Å². The van der Waals surface area contributed by atoms with Gasteiger partial charge in [0.05, 0.1) is 5.52 Å². The molecule has 0 aliphatic heterocycles. The van der Waals surface area contributed by atoms with Crippen LogP contribution in [0.5, 0.6) is 5.75 Å². The highest BCUT2D eigenvalue weighted by atomic mass is 35.5. The molecule has 2 aromatic carbocycles. The summed E-state index contributed by atoms with van der Waals surface area (Å²) in [6, 6.07) is 11.2. The number of aromatic nitrogens is 1. The summed E-state index contributed by atoms with van der Waals surface area (Å²) in [4.78, 5) is 26.7.